The number of nitriles is 1. The van der Waals surface area contributed by atoms with Crippen molar-refractivity contribution in [2.45, 2.75) is 0 Å². The van der Waals surface area contributed by atoms with Crippen LogP contribution in [0.5, 0.6) is 0 Å². The molecular weight excluding hydrogens is 270 g/mol. The molecule has 1 heterocycles. The molecule has 108 valence electrons. The summed E-state index contributed by atoms with van der Waals surface area (Å²) in [5.41, 5.74) is 9.22. The minimum absolute atomic E-state index is 0.0407. The molecule has 1 aliphatic rings. The van der Waals surface area contributed by atoms with Gasteiger partial charge in [0.2, 0.25) is 11.6 Å². The van der Waals surface area contributed by atoms with E-state index in [1.807, 2.05) is 23.1 Å². The molecule has 2 rings (SSSR count). The van der Waals surface area contributed by atoms with E-state index in [-0.39, 0.29) is 18.2 Å². The van der Waals surface area contributed by atoms with Crippen LogP contribution in [0.3, 0.4) is 0 Å². The van der Waals surface area contributed by atoms with Crippen molar-refractivity contribution in [3.63, 3.8) is 0 Å². The number of hydrogen-bond donors (Lipinski definition) is 4. The minimum Gasteiger partial charge on any atom is -0.382 e. The number of para-hydroxylation sites is 2. The summed E-state index contributed by atoms with van der Waals surface area (Å²) in [4.78, 5) is 13.4. The number of nitrogens with two attached hydrogens (primary N) is 1. The summed E-state index contributed by atoms with van der Waals surface area (Å²) in [7, 11) is 0. The molecule has 0 unspecified atom stereocenters. The summed E-state index contributed by atoms with van der Waals surface area (Å²) in [5, 5.41) is 22.6. The van der Waals surface area contributed by atoms with Crippen molar-refractivity contribution in [3.8, 4) is 6.07 Å². The first kappa shape index (κ1) is 14.3. The minimum atomic E-state index is -0.403. The maximum absolute atomic E-state index is 11.5. The van der Waals surface area contributed by atoms with E-state index >= 15 is 0 Å². The van der Waals surface area contributed by atoms with Gasteiger partial charge in [0.25, 0.3) is 0 Å². The number of hydrazone groups is 1. The Kier molecular flexibility index (Phi) is 4.36. The second-order valence-electron chi connectivity index (χ2n) is 4.39. The Balaban J connectivity index is 2.23. The van der Waals surface area contributed by atoms with Gasteiger partial charge in [-0.3, -0.25) is 15.6 Å². The van der Waals surface area contributed by atoms with Gasteiger partial charge in [-0.1, -0.05) is 12.1 Å². The molecule has 1 aromatic rings. The van der Waals surface area contributed by atoms with E-state index in [1.54, 1.807) is 12.1 Å². The largest absolute Gasteiger partial charge is 0.382 e. The molecule has 1 amide bonds. The number of benzene rings is 1. The number of hydrogen-bond acceptors (Lipinski definition) is 6. The van der Waals surface area contributed by atoms with Crippen molar-refractivity contribution >= 4 is 28.8 Å². The van der Waals surface area contributed by atoms with Crippen LogP contribution in [0.25, 0.3) is 0 Å². The number of amidine groups is 1. The van der Waals surface area contributed by atoms with E-state index in [0.717, 1.165) is 5.69 Å². The molecule has 0 radical (unpaired) electrons. The normalized spacial score (nSPS) is 15.1. The molecule has 8 nitrogen and oxygen atoms in total. The van der Waals surface area contributed by atoms with Crippen molar-refractivity contribution in [1.82, 2.24) is 5.32 Å². The quantitative estimate of drug-likeness (QED) is 0.347. The number of carbonyl (C=O) groups excluding carboxylic acids is 1. The van der Waals surface area contributed by atoms with Gasteiger partial charge in [-0.25, -0.2) is 0 Å². The van der Waals surface area contributed by atoms with Crippen LogP contribution in [-0.2, 0) is 4.79 Å². The molecule has 0 bridgehead atoms. The van der Waals surface area contributed by atoms with E-state index in [2.05, 4.69) is 15.8 Å². The molecule has 0 aliphatic carbocycles. The van der Waals surface area contributed by atoms with Crippen LogP contribution in [0.4, 0.5) is 11.4 Å². The lowest BCUT2D eigenvalue weighted by molar-refractivity contribution is -0.120. The van der Waals surface area contributed by atoms with Crippen LogP contribution in [-0.4, -0.2) is 37.1 Å². The van der Waals surface area contributed by atoms with Gasteiger partial charge in [-0.2, -0.15) is 10.4 Å². The first-order valence-electron chi connectivity index (χ1n) is 6.30. The van der Waals surface area contributed by atoms with E-state index in [4.69, 9.17) is 16.4 Å². The fourth-order valence-corrected chi connectivity index (χ4v) is 1.95. The second kappa shape index (κ2) is 6.38. The maximum atomic E-state index is 11.5. The first-order chi connectivity index (χ1) is 10.1. The van der Waals surface area contributed by atoms with Crippen molar-refractivity contribution in [2.24, 2.45) is 10.8 Å². The van der Waals surface area contributed by atoms with E-state index in [1.165, 1.54) is 0 Å². The van der Waals surface area contributed by atoms with Crippen LogP contribution in [0.15, 0.2) is 29.4 Å². The smallest absolute Gasteiger partial charge is 0.239 e. The first-order valence-corrected chi connectivity index (χ1v) is 6.30. The zero-order valence-corrected chi connectivity index (χ0v) is 11.3. The highest BCUT2D eigenvalue weighted by atomic mass is 16.2. The topological polar surface area (TPSA) is 130 Å². The van der Waals surface area contributed by atoms with Crippen LogP contribution in [0.1, 0.15) is 0 Å². The summed E-state index contributed by atoms with van der Waals surface area (Å²) in [6.07, 6.45) is 0. The lowest BCUT2D eigenvalue weighted by atomic mass is 10.2. The number of nitrogens with one attached hydrogen (secondary N) is 3. The van der Waals surface area contributed by atoms with Crippen molar-refractivity contribution < 1.29 is 4.79 Å². The Bertz CT molecular complexity index is 632. The van der Waals surface area contributed by atoms with E-state index in [0.29, 0.717) is 18.8 Å². The van der Waals surface area contributed by atoms with Crippen LogP contribution < -0.4 is 21.4 Å². The van der Waals surface area contributed by atoms with Crippen molar-refractivity contribution in [1.29, 1.82) is 10.7 Å². The lowest BCUT2D eigenvalue weighted by Crippen LogP contribution is -2.47. The molecule has 0 saturated carbocycles. The summed E-state index contributed by atoms with van der Waals surface area (Å²) < 4.78 is 0. The third kappa shape index (κ3) is 3.48. The SMILES string of the molecule is N#C/C(=N\Nc1ccccc1N1CCNC(=O)C1)C(=N)N. The molecule has 1 saturated heterocycles. The van der Waals surface area contributed by atoms with Crippen LogP contribution >= 0.6 is 0 Å². The fourth-order valence-electron chi connectivity index (χ4n) is 1.95. The molecule has 8 heteroatoms. The Morgan fingerprint density at radius 2 is 2.29 bits per heavy atom. The summed E-state index contributed by atoms with van der Waals surface area (Å²) in [6, 6.07) is 9.04. The lowest BCUT2D eigenvalue weighted by Gasteiger charge is -2.30. The van der Waals surface area contributed by atoms with Gasteiger partial charge >= 0.3 is 0 Å². The Morgan fingerprint density at radius 1 is 1.52 bits per heavy atom. The number of rotatable bonds is 4. The molecule has 1 fully saturated rings. The molecule has 1 aliphatic heterocycles. The highest BCUT2D eigenvalue weighted by Gasteiger charge is 2.18. The van der Waals surface area contributed by atoms with Gasteiger partial charge in [-0.15, -0.1) is 0 Å². The number of carbonyl (C=O) groups is 1. The molecular formula is C13H15N7O. The summed E-state index contributed by atoms with van der Waals surface area (Å²) in [6.45, 7) is 1.53. The zero-order chi connectivity index (χ0) is 15.2. The third-order valence-corrected chi connectivity index (χ3v) is 2.93. The summed E-state index contributed by atoms with van der Waals surface area (Å²) >= 11 is 0. The number of amides is 1. The van der Waals surface area contributed by atoms with Crippen molar-refractivity contribution in [3.05, 3.63) is 24.3 Å². The van der Waals surface area contributed by atoms with Gasteiger partial charge in [0.15, 0.2) is 5.84 Å². The second-order valence-corrected chi connectivity index (χ2v) is 4.39. The summed E-state index contributed by atoms with van der Waals surface area (Å²) in [5.74, 6) is -0.444. The Labute approximate surface area is 121 Å². The Morgan fingerprint density at radius 3 is 2.95 bits per heavy atom. The monoisotopic (exact) mass is 285 g/mol. The average Bonchev–Trinajstić information content (AvgIpc) is 2.48. The predicted octanol–water partition coefficient (Wildman–Crippen LogP) is -0.150. The molecule has 0 spiro atoms. The fraction of sp³-hybridized carbons (Fsp3) is 0.231. The molecule has 0 atom stereocenters. The van der Waals surface area contributed by atoms with Crippen molar-refractivity contribution in [2.75, 3.05) is 30.0 Å². The molecule has 0 aromatic heterocycles. The third-order valence-electron chi connectivity index (χ3n) is 2.93. The highest BCUT2D eigenvalue weighted by Crippen LogP contribution is 2.25. The van der Waals surface area contributed by atoms with E-state index in [9.17, 15) is 4.79 Å². The van der Waals surface area contributed by atoms with Crippen LogP contribution in [0, 0.1) is 16.7 Å². The number of nitrogens with zero attached hydrogens (tertiary/aromatic N) is 3. The maximum Gasteiger partial charge on any atom is 0.239 e. The van der Waals surface area contributed by atoms with Gasteiger partial charge in [0.05, 0.1) is 17.9 Å². The van der Waals surface area contributed by atoms with Gasteiger partial charge < -0.3 is 16.0 Å². The predicted molar refractivity (Wildman–Crippen MR) is 80.2 cm³/mol. The average molecular weight is 285 g/mol. The number of anilines is 2. The number of piperazine rings is 1. The zero-order valence-electron chi connectivity index (χ0n) is 11.3. The standard InChI is InChI=1S/C13H15N7O/c14-7-10(13(15)16)19-18-9-3-1-2-4-11(9)20-6-5-17-12(21)8-20/h1-4,18H,5-6,8H2,(H3,15,16)(H,17,21)/b19-10+. The van der Waals surface area contributed by atoms with Gasteiger partial charge in [-0.05, 0) is 12.1 Å². The van der Waals surface area contributed by atoms with E-state index < -0.39 is 5.84 Å². The van der Waals surface area contributed by atoms with Crippen LogP contribution in [0.2, 0.25) is 0 Å². The highest BCUT2D eigenvalue weighted by molar-refractivity contribution is 6.45. The molecule has 21 heavy (non-hydrogen) atoms. The van der Waals surface area contributed by atoms with Gasteiger partial charge in [0.1, 0.15) is 6.07 Å². The molecule has 5 N–H and O–H groups in total. The van der Waals surface area contributed by atoms with Gasteiger partial charge in [0, 0.05) is 13.1 Å². The molecule has 1 aromatic carbocycles. The Hall–Kier alpha value is -3.08.